The van der Waals surface area contributed by atoms with Crippen LogP contribution in [0, 0.1) is 5.92 Å². The van der Waals surface area contributed by atoms with E-state index in [1.807, 2.05) is 30.3 Å². The van der Waals surface area contributed by atoms with Crippen molar-refractivity contribution in [1.29, 1.82) is 0 Å². The SMILES string of the molecule is O=C(CN1CCCC(C(=O)Nc2ccc(Br)cn2)C1)c1c[nH]c2ccccc12. The monoisotopic (exact) mass is 440 g/mol. The number of nitrogens with zero attached hydrogens (tertiary/aromatic N) is 2. The quantitative estimate of drug-likeness (QED) is 0.590. The van der Waals surface area contributed by atoms with Crippen LogP contribution in [0.2, 0.25) is 0 Å². The zero-order chi connectivity index (χ0) is 19.5. The van der Waals surface area contributed by atoms with Gasteiger partial charge < -0.3 is 10.3 Å². The lowest BCUT2D eigenvalue weighted by Gasteiger charge is -2.31. The molecular formula is C21H21BrN4O2. The minimum atomic E-state index is -0.144. The molecule has 1 fully saturated rings. The maximum atomic E-state index is 12.8. The predicted octanol–water partition coefficient (Wildman–Crippen LogP) is 3.86. The normalized spacial score (nSPS) is 17.5. The number of pyridine rings is 1. The standard InChI is InChI=1S/C21H21BrN4O2/c22-15-7-8-20(24-10-15)25-21(28)14-4-3-9-26(12-14)13-19(27)17-11-23-18-6-2-1-5-16(17)18/h1-2,5-8,10-11,14,23H,3-4,9,12-13H2,(H,24,25,28). The molecule has 1 amide bonds. The number of amides is 1. The van der Waals surface area contributed by atoms with E-state index in [1.54, 1.807) is 18.5 Å². The second kappa shape index (κ2) is 8.24. The van der Waals surface area contributed by atoms with Gasteiger partial charge in [-0.1, -0.05) is 18.2 Å². The lowest BCUT2D eigenvalue weighted by Crippen LogP contribution is -2.42. The van der Waals surface area contributed by atoms with Gasteiger partial charge in [-0.3, -0.25) is 14.5 Å². The third kappa shape index (κ3) is 4.15. The van der Waals surface area contributed by atoms with Gasteiger partial charge in [0.05, 0.1) is 12.5 Å². The number of H-pyrrole nitrogens is 1. The number of aromatic amines is 1. The van der Waals surface area contributed by atoms with E-state index in [9.17, 15) is 9.59 Å². The molecule has 2 aromatic heterocycles. The van der Waals surface area contributed by atoms with Crippen LogP contribution in [0.5, 0.6) is 0 Å². The second-order valence-electron chi connectivity index (χ2n) is 7.10. The summed E-state index contributed by atoms with van der Waals surface area (Å²) in [6, 6.07) is 11.4. The molecule has 1 aliphatic rings. The van der Waals surface area contributed by atoms with Gasteiger partial charge in [0.25, 0.3) is 0 Å². The molecular weight excluding hydrogens is 420 g/mol. The first-order chi connectivity index (χ1) is 13.6. The number of para-hydroxylation sites is 1. The Morgan fingerprint density at radius 3 is 2.93 bits per heavy atom. The van der Waals surface area contributed by atoms with Crippen LogP contribution in [0.4, 0.5) is 5.82 Å². The molecule has 7 heteroatoms. The third-order valence-corrected chi connectivity index (χ3v) is 5.58. The molecule has 0 bridgehead atoms. The molecule has 1 aromatic carbocycles. The molecule has 1 aliphatic heterocycles. The zero-order valence-corrected chi connectivity index (χ0v) is 16.9. The number of anilines is 1. The number of likely N-dealkylation sites (tertiary alicyclic amines) is 1. The number of aromatic nitrogens is 2. The topological polar surface area (TPSA) is 78.1 Å². The Labute approximate surface area is 171 Å². The number of benzene rings is 1. The minimum Gasteiger partial charge on any atom is -0.360 e. The van der Waals surface area contributed by atoms with E-state index in [0.717, 1.165) is 34.8 Å². The van der Waals surface area contributed by atoms with Crippen LogP contribution in [0.3, 0.4) is 0 Å². The van der Waals surface area contributed by atoms with Crippen molar-refractivity contribution in [3.05, 3.63) is 58.8 Å². The maximum Gasteiger partial charge on any atom is 0.229 e. The first-order valence-electron chi connectivity index (χ1n) is 9.34. The number of Topliss-reactive ketones (excluding diaryl/α,β-unsaturated/α-hetero) is 1. The van der Waals surface area contributed by atoms with Crippen LogP contribution < -0.4 is 5.32 Å². The van der Waals surface area contributed by atoms with Crippen LogP contribution >= 0.6 is 15.9 Å². The number of hydrogen-bond acceptors (Lipinski definition) is 4. The number of halogens is 1. The molecule has 6 nitrogen and oxygen atoms in total. The van der Waals surface area contributed by atoms with E-state index >= 15 is 0 Å². The molecule has 0 aliphatic carbocycles. The van der Waals surface area contributed by atoms with Crippen molar-refractivity contribution in [2.24, 2.45) is 5.92 Å². The highest BCUT2D eigenvalue weighted by atomic mass is 79.9. The fourth-order valence-electron chi connectivity index (χ4n) is 3.68. The summed E-state index contributed by atoms with van der Waals surface area (Å²) in [6.07, 6.45) is 5.15. The molecule has 1 unspecified atom stereocenters. The predicted molar refractivity (Wildman–Crippen MR) is 112 cm³/mol. The summed E-state index contributed by atoms with van der Waals surface area (Å²) in [4.78, 5) is 34.8. The molecule has 3 heterocycles. The van der Waals surface area contributed by atoms with Crippen molar-refractivity contribution in [2.45, 2.75) is 12.8 Å². The highest BCUT2D eigenvalue weighted by molar-refractivity contribution is 9.10. The first kappa shape index (κ1) is 18.8. The zero-order valence-electron chi connectivity index (χ0n) is 15.3. The summed E-state index contributed by atoms with van der Waals surface area (Å²) < 4.78 is 0.866. The Morgan fingerprint density at radius 2 is 2.11 bits per heavy atom. The molecule has 1 saturated heterocycles. The van der Waals surface area contributed by atoms with E-state index in [4.69, 9.17) is 0 Å². The first-order valence-corrected chi connectivity index (χ1v) is 10.1. The van der Waals surface area contributed by atoms with Gasteiger partial charge in [0.2, 0.25) is 5.91 Å². The number of nitrogens with one attached hydrogen (secondary N) is 2. The van der Waals surface area contributed by atoms with Crippen LogP contribution in [-0.4, -0.2) is 46.2 Å². The maximum absolute atomic E-state index is 12.8. The summed E-state index contributed by atoms with van der Waals surface area (Å²) in [5.41, 5.74) is 1.67. The van der Waals surface area contributed by atoms with Crippen molar-refractivity contribution >= 4 is 44.3 Å². The van der Waals surface area contributed by atoms with E-state index in [2.05, 4.69) is 36.1 Å². The fraction of sp³-hybridized carbons (Fsp3) is 0.286. The van der Waals surface area contributed by atoms with Crippen LogP contribution in [0.1, 0.15) is 23.2 Å². The second-order valence-corrected chi connectivity index (χ2v) is 8.01. The Kier molecular flexibility index (Phi) is 5.54. The molecule has 0 saturated carbocycles. The smallest absolute Gasteiger partial charge is 0.229 e. The number of fused-ring (bicyclic) bond motifs is 1. The summed E-state index contributed by atoms with van der Waals surface area (Å²) in [5.74, 6) is 0.433. The molecule has 1 atom stereocenters. The highest BCUT2D eigenvalue weighted by Crippen LogP contribution is 2.22. The van der Waals surface area contributed by atoms with E-state index in [0.29, 0.717) is 24.5 Å². The number of hydrogen-bond donors (Lipinski definition) is 2. The van der Waals surface area contributed by atoms with E-state index < -0.39 is 0 Å². The van der Waals surface area contributed by atoms with Gasteiger partial charge in [-0.2, -0.15) is 0 Å². The molecule has 0 radical (unpaired) electrons. The third-order valence-electron chi connectivity index (χ3n) is 5.11. The van der Waals surface area contributed by atoms with Crippen LogP contribution in [-0.2, 0) is 4.79 Å². The number of carbonyl (C=O) groups is 2. The average Bonchev–Trinajstić information content (AvgIpc) is 3.14. The number of ketones is 1. The minimum absolute atomic E-state index is 0.0425. The lowest BCUT2D eigenvalue weighted by atomic mass is 9.96. The molecule has 3 aromatic rings. The Hall–Kier alpha value is -2.51. The van der Waals surface area contributed by atoms with Gasteiger partial charge >= 0.3 is 0 Å². The van der Waals surface area contributed by atoms with Crippen molar-refractivity contribution < 1.29 is 9.59 Å². The Morgan fingerprint density at radius 1 is 1.25 bits per heavy atom. The van der Waals surface area contributed by atoms with Gasteiger partial charge in [-0.15, -0.1) is 0 Å². The Bertz CT molecular complexity index is 999. The summed E-state index contributed by atoms with van der Waals surface area (Å²) >= 11 is 3.33. The van der Waals surface area contributed by atoms with E-state index in [1.165, 1.54) is 0 Å². The van der Waals surface area contributed by atoms with Crippen molar-refractivity contribution in [3.63, 3.8) is 0 Å². The van der Waals surface area contributed by atoms with Crippen LogP contribution in [0.25, 0.3) is 10.9 Å². The van der Waals surface area contributed by atoms with Gasteiger partial charge in [-0.25, -0.2) is 4.98 Å². The number of carbonyl (C=O) groups excluding carboxylic acids is 2. The van der Waals surface area contributed by atoms with Gasteiger partial charge in [0, 0.05) is 39.9 Å². The molecule has 0 spiro atoms. The number of rotatable bonds is 5. The van der Waals surface area contributed by atoms with Gasteiger partial charge in [0.1, 0.15) is 5.82 Å². The molecule has 4 rings (SSSR count). The van der Waals surface area contributed by atoms with Crippen molar-refractivity contribution in [2.75, 3.05) is 25.0 Å². The average molecular weight is 441 g/mol. The lowest BCUT2D eigenvalue weighted by molar-refractivity contribution is -0.121. The fourth-order valence-corrected chi connectivity index (χ4v) is 3.92. The van der Waals surface area contributed by atoms with Crippen molar-refractivity contribution in [1.82, 2.24) is 14.9 Å². The van der Waals surface area contributed by atoms with Gasteiger partial charge in [0.15, 0.2) is 5.78 Å². The highest BCUT2D eigenvalue weighted by Gasteiger charge is 2.27. The Balaban J connectivity index is 1.38. The summed E-state index contributed by atoms with van der Waals surface area (Å²) in [5, 5.41) is 3.82. The molecule has 2 N–H and O–H groups in total. The largest absolute Gasteiger partial charge is 0.360 e. The van der Waals surface area contributed by atoms with E-state index in [-0.39, 0.29) is 17.6 Å². The van der Waals surface area contributed by atoms with Crippen LogP contribution in [0.15, 0.2) is 53.3 Å². The molecule has 28 heavy (non-hydrogen) atoms. The van der Waals surface area contributed by atoms with Crippen molar-refractivity contribution in [3.8, 4) is 0 Å². The number of piperidine rings is 1. The summed E-state index contributed by atoms with van der Waals surface area (Å²) in [7, 11) is 0. The van der Waals surface area contributed by atoms with Gasteiger partial charge in [-0.05, 0) is 53.5 Å². The molecule has 144 valence electrons. The summed E-state index contributed by atoms with van der Waals surface area (Å²) in [6.45, 7) is 1.73.